The van der Waals surface area contributed by atoms with Crippen molar-refractivity contribution in [3.05, 3.63) is 89.5 Å². The van der Waals surface area contributed by atoms with Gasteiger partial charge >= 0.3 is 0 Å². The topological polar surface area (TPSA) is 77.1 Å². The Labute approximate surface area is 205 Å². The first-order valence-electron chi connectivity index (χ1n) is 11.7. The minimum Gasteiger partial charge on any atom is -0.497 e. The van der Waals surface area contributed by atoms with E-state index in [-0.39, 0.29) is 24.5 Å². The second-order valence-electron chi connectivity index (χ2n) is 8.31. The van der Waals surface area contributed by atoms with Crippen LogP contribution in [-0.2, 0) is 11.3 Å². The lowest BCUT2D eigenvalue weighted by Crippen LogP contribution is -2.35. The van der Waals surface area contributed by atoms with Gasteiger partial charge in [-0.1, -0.05) is 42.5 Å². The lowest BCUT2D eigenvalue weighted by Gasteiger charge is -2.27. The fourth-order valence-electron chi connectivity index (χ4n) is 4.36. The van der Waals surface area contributed by atoms with Crippen molar-refractivity contribution in [2.75, 3.05) is 27.4 Å². The van der Waals surface area contributed by atoms with Crippen LogP contribution in [0.15, 0.2) is 72.8 Å². The molecule has 3 aromatic rings. The Balaban J connectivity index is 1.43. The molecule has 3 aromatic carbocycles. The summed E-state index contributed by atoms with van der Waals surface area (Å²) in [6.45, 7) is 0.878. The molecule has 7 heteroatoms. The summed E-state index contributed by atoms with van der Waals surface area (Å²) in [4.78, 5) is 27.8. The van der Waals surface area contributed by atoms with Crippen LogP contribution in [0.5, 0.6) is 17.2 Å². The summed E-state index contributed by atoms with van der Waals surface area (Å²) in [7, 11) is 3.24. The van der Waals surface area contributed by atoms with Gasteiger partial charge in [-0.25, -0.2) is 0 Å². The number of carbonyl (C=O) groups is 2. The third-order valence-corrected chi connectivity index (χ3v) is 6.15. The third-order valence-electron chi connectivity index (χ3n) is 6.15. The normalized spacial score (nSPS) is 14.9. The fraction of sp³-hybridized carbons (Fsp3) is 0.286. The van der Waals surface area contributed by atoms with E-state index in [1.807, 2.05) is 53.4 Å². The number of hydrogen-bond donors (Lipinski definition) is 1. The molecule has 0 spiro atoms. The van der Waals surface area contributed by atoms with Gasteiger partial charge in [0.25, 0.3) is 11.8 Å². The number of likely N-dealkylation sites (tertiary alicyclic amines) is 1. The second-order valence-corrected chi connectivity index (χ2v) is 8.31. The number of para-hydroxylation sites is 1. The van der Waals surface area contributed by atoms with Crippen LogP contribution in [0.2, 0.25) is 0 Å². The van der Waals surface area contributed by atoms with Crippen molar-refractivity contribution in [3.63, 3.8) is 0 Å². The Bertz CT molecular complexity index is 1170. The van der Waals surface area contributed by atoms with Gasteiger partial charge in [-0.15, -0.1) is 0 Å². The molecule has 182 valence electrons. The minimum absolute atomic E-state index is 0.124. The maximum absolute atomic E-state index is 13.2. The van der Waals surface area contributed by atoms with Gasteiger partial charge in [-0.3, -0.25) is 9.59 Å². The van der Waals surface area contributed by atoms with Crippen molar-refractivity contribution in [2.45, 2.75) is 25.4 Å². The molecule has 0 radical (unpaired) electrons. The monoisotopic (exact) mass is 474 g/mol. The quantitative estimate of drug-likeness (QED) is 0.498. The summed E-state index contributed by atoms with van der Waals surface area (Å²) in [6, 6.07) is 22.1. The average molecular weight is 475 g/mol. The number of nitrogens with one attached hydrogen (secondary N) is 1. The largest absolute Gasteiger partial charge is 0.497 e. The second kappa shape index (κ2) is 11.4. The van der Waals surface area contributed by atoms with Crippen LogP contribution >= 0.6 is 0 Å². The molecule has 0 aliphatic carbocycles. The Morgan fingerprint density at radius 3 is 2.49 bits per heavy atom. The molecule has 1 fully saturated rings. The highest BCUT2D eigenvalue weighted by atomic mass is 16.5. The fourth-order valence-corrected chi connectivity index (χ4v) is 4.36. The van der Waals surface area contributed by atoms with Crippen LogP contribution in [0.4, 0.5) is 0 Å². The third kappa shape index (κ3) is 5.74. The van der Waals surface area contributed by atoms with E-state index >= 15 is 0 Å². The Morgan fingerprint density at radius 1 is 0.943 bits per heavy atom. The zero-order valence-corrected chi connectivity index (χ0v) is 20.0. The first kappa shape index (κ1) is 24.1. The van der Waals surface area contributed by atoms with Crippen molar-refractivity contribution in [1.29, 1.82) is 0 Å². The number of benzene rings is 3. The van der Waals surface area contributed by atoms with Gasteiger partial charge in [0.1, 0.15) is 17.2 Å². The predicted molar refractivity (Wildman–Crippen MR) is 133 cm³/mol. The van der Waals surface area contributed by atoms with Crippen molar-refractivity contribution in [1.82, 2.24) is 10.2 Å². The molecule has 1 aliphatic rings. The Morgan fingerprint density at radius 2 is 1.71 bits per heavy atom. The highest BCUT2D eigenvalue weighted by Crippen LogP contribution is 2.39. The van der Waals surface area contributed by atoms with E-state index in [0.29, 0.717) is 30.2 Å². The summed E-state index contributed by atoms with van der Waals surface area (Å²) >= 11 is 0. The van der Waals surface area contributed by atoms with Crippen molar-refractivity contribution in [2.24, 2.45) is 0 Å². The molecule has 35 heavy (non-hydrogen) atoms. The van der Waals surface area contributed by atoms with E-state index in [4.69, 9.17) is 14.2 Å². The molecule has 1 heterocycles. The van der Waals surface area contributed by atoms with Crippen LogP contribution in [0.1, 0.15) is 40.4 Å². The van der Waals surface area contributed by atoms with Crippen LogP contribution in [0.3, 0.4) is 0 Å². The molecule has 0 saturated carbocycles. The van der Waals surface area contributed by atoms with E-state index in [0.717, 1.165) is 29.7 Å². The van der Waals surface area contributed by atoms with E-state index in [1.54, 1.807) is 38.5 Å². The lowest BCUT2D eigenvalue weighted by molar-refractivity contribution is -0.134. The van der Waals surface area contributed by atoms with Crippen LogP contribution in [0.25, 0.3) is 0 Å². The molecule has 1 N–H and O–H groups in total. The summed E-state index contributed by atoms with van der Waals surface area (Å²) in [5, 5.41) is 2.91. The number of rotatable bonds is 9. The van der Waals surface area contributed by atoms with Gasteiger partial charge in [0.15, 0.2) is 6.61 Å². The smallest absolute Gasteiger partial charge is 0.261 e. The molecule has 7 nitrogen and oxygen atoms in total. The molecule has 2 amide bonds. The standard InChI is InChI=1S/C28H30N2O5/c1-33-21-14-15-25(34-2)23(17-21)24-12-8-16-30(24)27(31)19-35-26-13-7-6-11-22(26)28(32)29-18-20-9-4-3-5-10-20/h3-7,9-11,13-15,17,24H,8,12,16,18-19H2,1-2H3,(H,29,32)/t24-/m1/s1. The summed E-state index contributed by atoms with van der Waals surface area (Å²) in [5.41, 5.74) is 2.31. The molecular weight excluding hydrogens is 444 g/mol. The van der Waals surface area contributed by atoms with Crippen LogP contribution < -0.4 is 19.5 Å². The van der Waals surface area contributed by atoms with Gasteiger partial charge in [-0.2, -0.15) is 0 Å². The maximum atomic E-state index is 13.2. The number of methoxy groups -OCH3 is 2. The molecule has 1 aliphatic heterocycles. The molecule has 1 atom stereocenters. The van der Waals surface area contributed by atoms with Gasteiger partial charge in [-0.05, 0) is 48.7 Å². The highest BCUT2D eigenvalue weighted by Gasteiger charge is 2.32. The number of carbonyl (C=O) groups excluding carboxylic acids is 2. The molecule has 0 aromatic heterocycles. The van der Waals surface area contributed by atoms with Crippen molar-refractivity contribution in [3.8, 4) is 17.2 Å². The zero-order chi connectivity index (χ0) is 24.6. The molecular formula is C28H30N2O5. The van der Waals surface area contributed by atoms with E-state index in [2.05, 4.69) is 5.32 Å². The SMILES string of the molecule is COc1ccc(OC)c([C@H]2CCCN2C(=O)COc2ccccc2C(=O)NCc2ccccc2)c1. The predicted octanol–water partition coefficient (Wildman–Crippen LogP) is 4.38. The van der Waals surface area contributed by atoms with Crippen LogP contribution in [-0.4, -0.2) is 44.1 Å². The number of amides is 2. The van der Waals surface area contributed by atoms with Gasteiger partial charge in [0.2, 0.25) is 0 Å². The van der Waals surface area contributed by atoms with E-state index in [9.17, 15) is 9.59 Å². The molecule has 1 saturated heterocycles. The maximum Gasteiger partial charge on any atom is 0.261 e. The average Bonchev–Trinajstić information content (AvgIpc) is 3.40. The zero-order valence-electron chi connectivity index (χ0n) is 20.0. The number of ether oxygens (including phenoxy) is 3. The minimum atomic E-state index is -0.253. The Kier molecular flexibility index (Phi) is 7.88. The number of nitrogens with zero attached hydrogens (tertiary/aromatic N) is 1. The van der Waals surface area contributed by atoms with E-state index in [1.165, 1.54) is 0 Å². The summed E-state index contributed by atoms with van der Waals surface area (Å²) in [5.74, 6) is 1.42. The molecule has 4 rings (SSSR count). The molecule has 0 bridgehead atoms. The van der Waals surface area contributed by atoms with Gasteiger partial charge < -0.3 is 24.4 Å². The van der Waals surface area contributed by atoms with Gasteiger partial charge in [0.05, 0.1) is 25.8 Å². The molecule has 0 unspecified atom stereocenters. The highest BCUT2D eigenvalue weighted by molar-refractivity contribution is 5.97. The first-order chi connectivity index (χ1) is 17.1. The van der Waals surface area contributed by atoms with Crippen molar-refractivity contribution >= 4 is 11.8 Å². The summed E-state index contributed by atoms with van der Waals surface area (Å²) in [6.07, 6.45) is 1.71. The Hall–Kier alpha value is -4.00. The van der Waals surface area contributed by atoms with Gasteiger partial charge in [0, 0.05) is 18.7 Å². The van der Waals surface area contributed by atoms with E-state index < -0.39 is 0 Å². The first-order valence-corrected chi connectivity index (χ1v) is 11.7. The number of hydrogen-bond acceptors (Lipinski definition) is 5. The van der Waals surface area contributed by atoms with Crippen molar-refractivity contribution < 1.29 is 23.8 Å². The lowest BCUT2D eigenvalue weighted by atomic mass is 10.0. The summed E-state index contributed by atoms with van der Waals surface area (Å²) < 4.78 is 16.8. The van der Waals surface area contributed by atoms with Crippen LogP contribution in [0, 0.1) is 0 Å².